The molecule has 0 bridgehead atoms. The number of halogens is 3. The SMILES string of the molecule is OC(c1nc2ccccc2s1)(c1c[nH]c2ccccc12)C(F)(F)F. The fourth-order valence-electron chi connectivity index (χ4n) is 2.79. The molecule has 2 heterocycles. The van der Waals surface area contributed by atoms with Gasteiger partial charge in [-0.15, -0.1) is 11.3 Å². The topological polar surface area (TPSA) is 48.9 Å². The summed E-state index contributed by atoms with van der Waals surface area (Å²) in [7, 11) is 0. The van der Waals surface area contributed by atoms with Crippen LogP contribution in [0.2, 0.25) is 0 Å². The van der Waals surface area contributed by atoms with E-state index in [-0.39, 0.29) is 10.6 Å². The molecule has 2 N–H and O–H groups in total. The van der Waals surface area contributed by atoms with Gasteiger partial charge < -0.3 is 10.1 Å². The number of hydrogen-bond donors (Lipinski definition) is 2. The van der Waals surface area contributed by atoms with Gasteiger partial charge in [0.15, 0.2) is 0 Å². The average molecular weight is 348 g/mol. The van der Waals surface area contributed by atoms with E-state index in [1.54, 1.807) is 48.5 Å². The van der Waals surface area contributed by atoms with Crippen LogP contribution in [-0.2, 0) is 5.60 Å². The molecule has 0 aliphatic rings. The van der Waals surface area contributed by atoms with Gasteiger partial charge in [-0.1, -0.05) is 30.3 Å². The Bertz CT molecular complexity index is 1000. The van der Waals surface area contributed by atoms with E-state index < -0.39 is 11.8 Å². The van der Waals surface area contributed by atoms with Gasteiger partial charge in [0.25, 0.3) is 0 Å². The second kappa shape index (κ2) is 5.06. The maximum Gasteiger partial charge on any atom is 0.428 e. The van der Waals surface area contributed by atoms with Gasteiger partial charge >= 0.3 is 6.18 Å². The summed E-state index contributed by atoms with van der Waals surface area (Å²) in [5.41, 5.74) is -2.46. The Hall–Kier alpha value is -2.38. The molecule has 0 aliphatic carbocycles. The zero-order chi connectivity index (χ0) is 16.9. The molecule has 4 rings (SSSR count). The molecule has 1 unspecified atom stereocenters. The minimum absolute atomic E-state index is 0.246. The van der Waals surface area contributed by atoms with Crippen molar-refractivity contribution in [3.8, 4) is 0 Å². The van der Waals surface area contributed by atoms with Crippen molar-refractivity contribution in [2.24, 2.45) is 0 Å². The van der Waals surface area contributed by atoms with Gasteiger partial charge in [0.2, 0.25) is 5.60 Å². The van der Waals surface area contributed by atoms with Crippen molar-refractivity contribution in [2.45, 2.75) is 11.8 Å². The van der Waals surface area contributed by atoms with Gasteiger partial charge in [0.1, 0.15) is 5.01 Å². The maximum atomic E-state index is 13.9. The lowest BCUT2D eigenvalue weighted by atomic mass is 9.93. The highest BCUT2D eigenvalue weighted by Gasteiger charge is 2.59. The molecular weight excluding hydrogens is 337 g/mol. The molecule has 0 radical (unpaired) electrons. The highest BCUT2D eigenvalue weighted by molar-refractivity contribution is 7.18. The van der Waals surface area contributed by atoms with Gasteiger partial charge in [-0.3, -0.25) is 0 Å². The van der Waals surface area contributed by atoms with Crippen molar-refractivity contribution < 1.29 is 18.3 Å². The molecule has 7 heteroatoms. The summed E-state index contributed by atoms with van der Waals surface area (Å²) in [5, 5.41) is 10.7. The summed E-state index contributed by atoms with van der Waals surface area (Å²) < 4.78 is 42.3. The van der Waals surface area contributed by atoms with Crippen molar-refractivity contribution in [1.29, 1.82) is 0 Å². The summed E-state index contributed by atoms with van der Waals surface area (Å²) in [6.45, 7) is 0. The highest BCUT2D eigenvalue weighted by Crippen LogP contribution is 2.48. The van der Waals surface area contributed by atoms with Crippen LogP contribution in [0.25, 0.3) is 21.1 Å². The number of aliphatic hydroxyl groups is 1. The molecular formula is C17H11F3N2OS. The number of hydrogen-bond acceptors (Lipinski definition) is 3. The largest absolute Gasteiger partial charge is 0.428 e. The van der Waals surface area contributed by atoms with Crippen LogP contribution < -0.4 is 0 Å². The van der Waals surface area contributed by atoms with Gasteiger partial charge in [-0.25, -0.2) is 4.98 Å². The first-order valence-corrected chi connectivity index (χ1v) is 7.94. The lowest BCUT2D eigenvalue weighted by molar-refractivity contribution is -0.247. The number of para-hydroxylation sites is 2. The Kier molecular flexibility index (Phi) is 3.20. The third-order valence-corrected chi connectivity index (χ3v) is 5.14. The molecule has 0 saturated heterocycles. The first-order valence-electron chi connectivity index (χ1n) is 7.13. The second-order valence-corrected chi connectivity index (χ2v) is 6.47. The van der Waals surface area contributed by atoms with Crippen LogP contribution in [0.1, 0.15) is 10.6 Å². The van der Waals surface area contributed by atoms with Crippen LogP contribution in [0.3, 0.4) is 0 Å². The third-order valence-electron chi connectivity index (χ3n) is 3.99. The van der Waals surface area contributed by atoms with E-state index in [2.05, 4.69) is 9.97 Å². The van der Waals surface area contributed by atoms with Gasteiger partial charge in [0, 0.05) is 22.7 Å². The average Bonchev–Trinajstić information content (AvgIpc) is 3.17. The number of aromatic amines is 1. The predicted octanol–water partition coefficient (Wildman–Crippen LogP) is 4.58. The number of benzene rings is 2. The first kappa shape index (κ1) is 15.2. The molecule has 0 saturated carbocycles. The minimum atomic E-state index is -4.91. The van der Waals surface area contributed by atoms with Crippen molar-refractivity contribution in [1.82, 2.24) is 9.97 Å². The number of nitrogens with zero attached hydrogens (tertiary/aromatic N) is 1. The van der Waals surface area contributed by atoms with Crippen molar-refractivity contribution in [3.63, 3.8) is 0 Å². The molecule has 1 atom stereocenters. The highest BCUT2D eigenvalue weighted by atomic mass is 32.1. The fraction of sp³-hybridized carbons (Fsp3) is 0.118. The van der Waals surface area contributed by atoms with Crippen LogP contribution in [0.4, 0.5) is 13.2 Å². The standard InChI is InChI=1S/C17H11F3N2OS/c18-17(19,20)16(23,11-9-21-12-6-2-1-5-10(11)12)15-22-13-7-3-4-8-14(13)24-15/h1-9,21,23H. The van der Waals surface area contributed by atoms with Crippen LogP contribution in [0, 0.1) is 0 Å². The predicted molar refractivity (Wildman–Crippen MR) is 87.0 cm³/mol. The normalized spacial score (nSPS) is 15.0. The van der Waals surface area contributed by atoms with Crippen LogP contribution in [0.5, 0.6) is 0 Å². The number of H-pyrrole nitrogens is 1. The summed E-state index contributed by atoms with van der Waals surface area (Å²) >= 11 is 0.843. The second-order valence-electron chi connectivity index (χ2n) is 5.44. The number of alkyl halides is 3. The molecule has 3 nitrogen and oxygen atoms in total. The lowest BCUT2D eigenvalue weighted by Gasteiger charge is -2.28. The van der Waals surface area contributed by atoms with Crippen molar-refractivity contribution in [3.05, 3.63) is 65.3 Å². The van der Waals surface area contributed by atoms with Gasteiger partial charge in [0.05, 0.1) is 10.2 Å². The fourth-order valence-corrected chi connectivity index (χ4v) is 3.88. The lowest BCUT2D eigenvalue weighted by Crippen LogP contribution is -2.43. The van der Waals surface area contributed by atoms with Crippen molar-refractivity contribution >= 4 is 32.5 Å². The van der Waals surface area contributed by atoms with E-state index in [1.165, 1.54) is 6.20 Å². The molecule has 4 aromatic rings. The number of rotatable bonds is 2. The smallest absolute Gasteiger partial charge is 0.370 e. The molecule has 2 aromatic heterocycles. The van der Waals surface area contributed by atoms with E-state index >= 15 is 0 Å². The maximum absolute atomic E-state index is 13.9. The van der Waals surface area contributed by atoms with E-state index in [9.17, 15) is 18.3 Å². The van der Waals surface area contributed by atoms with Crippen LogP contribution in [0.15, 0.2) is 54.7 Å². The quantitative estimate of drug-likeness (QED) is 0.557. The molecule has 0 fully saturated rings. The molecule has 0 aliphatic heterocycles. The van der Waals surface area contributed by atoms with Crippen molar-refractivity contribution in [2.75, 3.05) is 0 Å². The van der Waals surface area contributed by atoms with Gasteiger partial charge in [-0.2, -0.15) is 13.2 Å². The number of fused-ring (bicyclic) bond motifs is 2. The number of thiazole rings is 1. The molecule has 0 spiro atoms. The summed E-state index contributed by atoms with van der Waals surface area (Å²) in [6, 6.07) is 13.3. The molecule has 2 aromatic carbocycles. The first-order chi connectivity index (χ1) is 11.4. The summed E-state index contributed by atoms with van der Waals surface area (Å²) in [5.74, 6) is 0. The Morgan fingerprint density at radius 1 is 1.00 bits per heavy atom. The third kappa shape index (κ3) is 2.05. The van der Waals surface area contributed by atoms with Crippen LogP contribution in [-0.4, -0.2) is 21.3 Å². The van der Waals surface area contributed by atoms with E-state index in [0.29, 0.717) is 21.1 Å². The number of nitrogens with one attached hydrogen (secondary N) is 1. The zero-order valence-corrected chi connectivity index (χ0v) is 12.9. The molecule has 24 heavy (non-hydrogen) atoms. The Morgan fingerprint density at radius 2 is 1.71 bits per heavy atom. The minimum Gasteiger partial charge on any atom is -0.370 e. The Balaban J connectivity index is 2.03. The number of aromatic nitrogens is 2. The monoisotopic (exact) mass is 348 g/mol. The summed E-state index contributed by atoms with van der Waals surface area (Å²) in [6.07, 6.45) is -3.71. The Morgan fingerprint density at radius 3 is 2.46 bits per heavy atom. The Labute approximate surface area is 138 Å². The summed E-state index contributed by atoms with van der Waals surface area (Å²) in [4.78, 5) is 6.83. The van der Waals surface area contributed by atoms with E-state index in [4.69, 9.17) is 0 Å². The molecule has 122 valence electrons. The van der Waals surface area contributed by atoms with Gasteiger partial charge in [-0.05, 0) is 18.2 Å². The zero-order valence-electron chi connectivity index (χ0n) is 12.1. The van der Waals surface area contributed by atoms with E-state index in [1.807, 2.05) is 0 Å². The molecule has 0 amide bonds. The van der Waals surface area contributed by atoms with E-state index in [0.717, 1.165) is 11.3 Å². The van der Waals surface area contributed by atoms with Crippen LogP contribution >= 0.6 is 11.3 Å².